The molecule has 0 fully saturated rings. The van der Waals surface area contributed by atoms with Crippen LogP contribution in [0.4, 0.5) is 0 Å². The van der Waals surface area contributed by atoms with E-state index < -0.39 is 0 Å². The van der Waals surface area contributed by atoms with Gasteiger partial charge in [-0.05, 0) is 24.1 Å². The van der Waals surface area contributed by atoms with Crippen molar-refractivity contribution in [3.05, 3.63) is 58.7 Å². The average molecular weight is 333 g/mol. The van der Waals surface area contributed by atoms with Gasteiger partial charge in [0.15, 0.2) is 5.96 Å². The van der Waals surface area contributed by atoms with Crippen molar-refractivity contribution in [1.29, 1.82) is 0 Å². The van der Waals surface area contributed by atoms with Crippen LogP contribution in [0, 0.1) is 0 Å². The maximum atomic E-state index is 6.15. The van der Waals surface area contributed by atoms with Gasteiger partial charge in [0.2, 0.25) is 5.88 Å². The third-order valence-electron chi connectivity index (χ3n) is 3.30. The molecule has 2 rings (SSSR count). The lowest BCUT2D eigenvalue weighted by molar-refractivity contribution is 0.396. The van der Waals surface area contributed by atoms with Crippen LogP contribution in [0.25, 0.3) is 0 Å². The Labute approximate surface area is 141 Å². The second-order valence-corrected chi connectivity index (χ2v) is 5.27. The monoisotopic (exact) mass is 332 g/mol. The van der Waals surface area contributed by atoms with E-state index in [1.54, 1.807) is 14.2 Å². The van der Waals surface area contributed by atoms with E-state index in [4.69, 9.17) is 16.3 Å². The number of nitrogens with zero attached hydrogens (tertiary/aromatic N) is 2. The Morgan fingerprint density at radius 1 is 1.17 bits per heavy atom. The minimum Gasteiger partial charge on any atom is -0.481 e. The van der Waals surface area contributed by atoms with E-state index in [2.05, 4.69) is 20.6 Å². The molecule has 0 aliphatic carbocycles. The number of hydrogen-bond acceptors (Lipinski definition) is 3. The van der Waals surface area contributed by atoms with Crippen molar-refractivity contribution < 1.29 is 4.74 Å². The predicted molar refractivity (Wildman–Crippen MR) is 94.1 cm³/mol. The quantitative estimate of drug-likeness (QED) is 0.630. The fourth-order valence-corrected chi connectivity index (χ4v) is 2.31. The summed E-state index contributed by atoms with van der Waals surface area (Å²) in [5, 5.41) is 7.28. The zero-order valence-corrected chi connectivity index (χ0v) is 14.1. The molecule has 0 atom stereocenters. The van der Waals surface area contributed by atoms with Crippen molar-refractivity contribution >= 4 is 17.6 Å². The van der Waals surface area contributed by atoms with E-state index in [9.17, 15) is 0 Å². The fraction of sp³-hybridized carbons (Fsp3) is 0.294. The van der Waals surface area contributed by atoms with Crippen molar-refractivity contribution in [1.82, 2.24) is 15.6 Å². The van der Waals surface area contributed by atoms with Gasteiger partial charge in [-0.3, -0.25) is 4.99 Å². The first-order valence-corrected chi connectivity index (χ1v) is 7.78. The molecule has 0 aliphatic rings. The molecule has 0 unspecified atom stereocenters. The van der Waals surface area contributed by atoms with Crippen molar-refractivity contribution in [3.8, 4) is 5.88 Å². The van der Waals surface area contributed by atoms with Gasteiger partial charge in [-0.25, -0.2) is 4.98 Å². The highest BCUT2D eigenvalue weighted by Crippen LogP contribution is 2.14. The van der Waals surface area contributed by atoms with Gasteiger partial charge in [-0.1, -0.05) is 35.9 Å². The largest absolute Gasteiger partial charge is 0.481 e. The second-order valence-electron chi connectivity index (χ2n) is 4.87. The predicted octanol–water partition coefficient (Wildman–Crippen LogP) is 2.65. The van der Waals surface area contributed by atoms with Crippen LogP contribution in [0.15, 0.2) is 47.5 Å². The molecule has 0 amide bonds. The number of hydrogen-bond donors (Lipinski definition) is 2. The number of rotatable bonds is 6. The smallest absolute Gasteiger partial charge is 0.213 e. The number of benzene rings is 1. The Balaban J connectivity index is 1.80. The van der Waals surface area contributed by atoms with Gasteiger partial charge in [0.1, 0.15) is 0 Å². The van der Waals surface area contributed by atoms with E-state index in [-0.39, 0.29) is 0 Å². The summed E-state index contributed by atoms with van der Waals surface area (Å²) in [6.07, 6.45) is 0.831. The van der Waals surface area contributed by atoms with Crippen molar-refractivity contribution in [2.24, 2.45) is 4.99 Å². The van der Waals surface area contributed by atoms with Gasteiger partial charge < -0.3 is 15.4 Å². The Morgan fingerprint density at radius 3 is 2.74 bits per heavy atom. The molecule has 0 spiro atoms. The number of aromatic nitrogens is 1. The Hall–Kier alpha value is -2.27. The number of aliphatic imine (C=N–C) groups is 1. The van der Waals surface area contributed by atoms with E-state index in [0.29, 0.717) is 12.4 Å². The van der Waals surface area contributed by atoms with Gasteiger partial charge in [-0.2, -0.15) is 0 Å². The summed E-state index contributed by atoms with van der Waals surface area (Å²) in [6.45, 7) is 1.32. The van der Waals surface area contributed by atoms with Gasteiger partial charge in [0.05, 0.1) is 19.3 Å². The van der Waals surface area contributed by atoms with Crippen LogP contribution in [0.2, 0.25) is 5.02 Å². The first kappa shape index (κ1) is 17.1. The first-order valence-electron chi connectivity index (χ1n) is 7.40. The van der Waals surface area contributed by atoms with E-state index in [0.717, 1.165) is 35.2 Å². The molecule has 0 saturated heterocycles. The van der Waals surface area contributed by atoms with Crippen LogP contribution >= 0.6 is 11.6 Å². The van der Waals surface area contributed by atoms with Crippen molar-refractivity contribution in [3.63, 3.8) is 0 Å². The molecule has 0 saturated carbocycles. The van der Waals surface area contributed by atoms with Gasteiger partial charge in [0.25, 0.3) is 0 Å². The molecule has 2 N–H and O–H groups in total. The molecule has 0 bridgehead atoms. The topological polar surface area (TPSA) is 58.5 Å². The molecule has 1 heterocycles. The molecule has 1 aromatic carbocycles. The number of methoxy groups -OCH3 is 1. The molecular formula is C17H21ClN4O. The SMILES string of the molecule is CN=C(NCCc1ccccc1Cl)NCc1cccc(OC)n1. The number of halogens is 1. The van der Waals surface area contributed by atoms with Crippen LogP contribution < -0.4 is 15.4 Å². The number of nitrogens with one attached hydrogen (secondary N) is 2. The Bertz CT molecular complexity index is 661. The standard InChI is InChI=1S/C17H21ClN4O/c1-19-17(20-11-10-13-6-3-4-8-15(13)18)21-12-14-7-5-9-16(22-14)23-2/h3-9H,10-12H2,1-2H3,(H2,19,20,21). The number of ether oxygens (including phenoxy) is 1. The third-order valence-corrected chi connectivity index (χ3v) is 3.66. The molecule has 23 heavy (non-hydrogen) atoms. The molecule has 6 heteroatoms. The van der Waals surface area contributed by atoms with Crippen molar-refractivity contribution in [2.45, 2.75) is 13.0 Å². The lowest BCUT2D eigenvalue weighted by Gasteiger charge is -2.12. The molecular weight excluding hydrogens is 312 g/mol. The van der Waals surface area contributed by atoms with Crippen LogP contribution in [-0.4, -0.2) is 31.6 Å². The summed E-state index contributed by atoms with van der Waals surface area (Å²) in [6, 6.07) is 13.5. The highest BCUT2D eigenvalue weighted by Gasteiger charge is 2.02. The summed E-state index contributed by atoms with van der Waals surface area (Å²) in [4.78, 5) is 8.55. The fourth-order valence-electron chi connectivity index (χ4n) is 2.08. The van der Waals surface area contributed by atoms with E-state index in [1.165, 1.54) is 0 Å². The minimum atomic E-state index is 0.572. The summed E-state index contributed by atoms with van der Waals surface area (Å²) in [7, 11) is 3.35. The molecule has 0 radical (unpaired) electrons. The highest BCUT2D eigenvalue weighted by atomic mass is 35.5. The molecule has 0 aliphatic heterocycles. The summed E-state index contributed by atoms with van der Waals surface area (Å²) in [5.41, 5.74) is 2.00. The summed E-state index contributed by atoms with van der Waals surface area (Å²) in [5.74, 6) is 1.33. The second kappa shape index (κ2) is 9.00. The van der Waals surface area contributed by atoms with Gasteiger partial charge in [0, 0.05) is 24.7 Å². The average Bonchev–Trinajstić information content (AvgIpc) is 2.59. The maximum absolute atomic E-state index is 6.15. The summed E-state index contributed by atoms with van der Waals surface area (Å²) >= 11 is 6.15. The molecule has 122 valence electrons. The lowest BCUT2D eigenvalue weighted by Crippen LogP contribution is -2.38. The lowest BCUT2D eigenvalue weighted by atomic mass is 10.1. The van der Waals surface area contributed by atoms with Crippen molar-refractivity contribution in [2.75, 3.05) is 20.7 Å². The highest BCUT2D eigenvalue weighted by molar-refractivity contribution is 6.31. The van der Waals surface area contributed by atoms with Crippen LogP contribution in [-0.2, 0) is 13.0 Å². The minimum absolute atomic E-state index is 0.572. The Kier molecular flexibility index (Phi) is 6.69. The van der Waals surface area contributed by atoms with Gasteiger partial charge in [-0.15, -0.1) is 0 Å². The van der Waals surface area contributed by atoms with Crippen LogP contribution in [0.3, 0.4) is 0 Å². The molecule has 5 nitrogen and oxygen atoms in total. The van der Waals surface area contributed by atoms with Crippen LogP contribution in [0.1, 0.15) is 11.3 Å². The maximum Gasteiger partial charge on any atom is 0.213 e. The molecule has 2 aromatic rings. The van der Waals surface area contributed by atoms with Gasteiger partial charge >= 0.3 is 0 Å². The van der Waals surface area contributed by atoms with E-state index in [1.807, 2.05) is 42.5 Å². The Morgan fingerprint density at radius 2 is 2.00 bits per heavy atom. The molecule has 1 aromatic heterocycles. The third kappa shape index (κ3) is 5.45. The van der Waals surface area contributed by atoms with E-state index >= 15 is 0 Å². The first-order chi connectivity index (χ1) is 11.2. The normalized spacial score (nSPS) is 11.2. The number of pyridine rings is 1. The zero-order chi connectivity index (χ0) is 16.5. The van der Waals surface area contributed by atoms with Crippen LogP contribution in [0.5, 0.6) is 5.88 Å². The zero-order valence-electron chi connectivity index (χ0n) is 13.3. The summed E-state index contributed by atoms with van der Waals surface area (Å²) < 4.78 is 5.12. The number of guanidine groups is 1.